The lowest BCUT2D eigenvalue weighted by Gasteiger charge is -2.30. The predicted molar refractivity (Wildman–Crippen MR) is 59.0 cm³/mol. The highest BCUT2D eigenvalue weighted by Crippen LogP contribution is 2.47. The van der Waals surface area contributed by atoms with Crippen LogP contribution in [0.5, 0.6) is 5.75 Å². The van der Waals surface area contributed by atoms with Gasteiger partial charge in [0.05, 0.1) is 17.1 Å². The number of benzene rings is 1. The maximum atomic E-state index is 13.4. The van der Waals surface area contributed by atoms with Crippen molar-refractivity contribution in [2.24, 2.45) is 10.7 Å². The van der Waals surface area contributed by atoms with Gasteiger partial charge in [0.25, 0.3) is 0 Å². The zero-order chi connectivity index (χ0) is 14.3. The number of rotatable bonds is 2. The molecule has 0 aliphatic carbocycles. The molecule has 104 valence electrons. The molecule has 1 heterocycles. The molecule has 9 heteroatoms. The molecule has 2 rings (SSSR count). The van der Waals surface area contributed by atoms with Crippen molar-refractivity contribution in [2.45, 2.75) is 12.4 Å². The first kappa shape index (κ1) is 13.9. The van der Waals surface area contributed by atoms with Crippen molar-refractivity contribution in [3.63, 3.8) is 0 Å². The summed E-state index contributed by atoms with van der Waals surface area (Å²) in [5, 5.41) is 0. The van der Waals surface area contributed by atoms with Crippen LogP contribution in [-0.4, -0.2) is 18.0 Å². The summed E-state index contributed by atoms with van der Waals surface area (Å²) < 4.78 is 59.6. The Kier molecular flexibility index (Phi) is 3.31. The monoisotopic (exact) mass is 298 g/mol. The van der Waals surface area contributed by atoms with Gasteiger partial charge in [0.15, 0.2) is 0 Å². The van der Waals surface area contributed by atoms with E-state index in [0.717, 1.165) is 12.1 Å². The smallest absolute Gasteiger partial charge is 0.409 e. The molecular weight excluding hydrogens is 292 g/mol. The Morgan fingerprint density at radius 2 is 2.00 bits per heavy atom. The quantitative estimate of drug-likeness (QED) is 0.395. The van der Waals surface area contributed by atoms with Gasteiger partial charge in [-0.05, 0) is 18.2 Å². The molecular formula is C10H7ClF4N2O2. The number of hydrogen-bond donors (Lipinski definition) is 1. The minimum atomic E-state index is -4.39. The number of fused-ring (bicyclic) bond motifs is 1. The van der Waals surface area contributed by atoms with E-state index in [1.54, 1.807) is 0 Å². The van der Waals surface area contributed by atoms with Crippen molar-refractivity contribution < 1.29 is 27.0 Å². The van der Waals surface area contributed by atoms with Crippen molar-refractivity contribution in [1.82, 2.24) is 0 Å². The number of nitrogens with zero attached hydrogens (tertiary/aromatic N) is 1. The number of ether oxygens (including phenoxy) is 2. The van der Waals surface area contributed by atoms with Crippen LogP contribution in [0.25, 0.3) is 0 Å². The first-order valence-electron chi connectivity index (χ1n) is 4.92. The minimum absolute atomic E-state index is 0.00657. The van der Waals surface area contributed by atoms with Gasteiger partial charge in [-0.3, -0.25) is 0 Å². The van der Waals surface area contributed by atoms with Crippen LogP contribution in [0.4, 0.5) is 23.2 Å². The van der Waals surface area contributed by atoms with Gasteiger partial charge in [0.1, 0.15) is 11.6 Å². The summed E-state index contributed by atoms with van der Waals surface area (Å²) in [6.45, 7) is 0. The first-order chi connectivity index (χ1) is 8.73. The molecule has 0 amide bonds. The molecule has 1 aliphatic heterocycles. The van der Waals surface area contributed by atoms with Crippen LogP contribution >= 0.6 is 11.6 Å². The summed E-state index contributed by atoms with van der Waals surface area (Å²) in [5.74, 6) is -0.795. The molecule has 0 saturated carbocycles. The van der Waals surface area contributed by atoms with Crippen LogP contribution in [0.3, 0.4) is 0 Å². The van der Waals surface area contributed by atoms with Gasteiger partial charge < -0.3 is 10.5 Å². The Bertz CT molecular complexity index is 536. The van der Waals surface area contributed by atoms with Gasteiger partial charge in [-0.2, -0.15) is 8.78 Å². The van der Waals surface area contributed by atoms with E-state index in [1.807, 2.05) is 0 Å². The Morgan fingerprint density at radius 1 is 1.32 bits per heavy atom. The third-order valence-corrected chi connectivity index (χ3v) is 2.44. The molecule has 1 aliphatic rings. The van der Waals surface area contributed by atoms with E-state index in [2.05, 4.69) is 14.5 Å². The molecule has 0 unspecified atom stereocenters. The molecule has 0 bridgehead atoms. The molecule has 0 radical (unpaired) electrons. The molecule has 0 fully saturated rings. The second-order valence-corrected chi connectivity index (χ2v) is 3.87. The summed E-state index contributed by atoms with van der Waals surface area (Å²) in [6, 6.07) is 2.96. The highest BCUT2D eigenvalue weighted by molar-refractivity contribution is 6.28. The fourth-order valence-corrected chi connectivity index (χ4v) is 1.51. The third kappa shape index (κ3) is 2.90. The van der Waals surface area contributed by atoms with Crippen molar-refractivity contribution in [2.75, 3.05) is 5.88 Å². The Labute approximate surface area is 109 Å². The standard InChI is InChI=1S/C10H7ClF4N2O2/c11-4-8(16)17-5-1-2-7-6(3-5)9(12,13)19-10(14,15)18-7/h1-3H,4H2,(H2,16,17). The van der Waals surface area contributed by atoms with Gasteiger partial charge in [-0.25, -0.2) is 9.73 Å². The fraction of sp³-hybridized carbons (Fsp3) is 0.300. The number of nitrogens with two attached hydrogens (primary N) is 1. The van der Waals surface area contributed by atoms with Crippen LogP contribution in [0.2, 0.25) is 0 Å². The van der Waals surface area contributed by atoms with E-state index in [0.29, 0.717) is 0 Å². The van der Waals surface area contributed by atoms with Gasteiger partial charge in [-0.1, -0.05) is 0 Å². The second kappa shape index (κ2) is 4.53. The molecule has 0 saturated heterocycles. The van der Waals surface area contributed by atoms with Gasteiger partial charge in [0.2, 0.25) is 0 Å². The lowest BCUT2D eigenvalue weighted by atomic mass is 10.1. The van der Waals surface area contributed by atoms with Crippen molar-refractivity contribution >= 4 is 23.1 Å². The summed E-state index contributed by atoms with van der Waals surface area (Å²) in [6.07, 6.45) is -8.59. The first-order valence-corrected chi connectivity index (χ1v) is 5.45. The van der Waals surface area contributed by atoms with Crippen LogP contribution in [0, 0.1) is 0 Å². The van der Waals surface area contributed by atoms with Crippen molar-refractivity contribution in [3.8, 4) is 5.75 Å². The predicted octanol–water partition coefficient (Wildman–Crippen LogP) is 2.92. The van der Waals surface area contributed by atoms with Crippen molar-refractivity contribution in [1.29, 1.82) is 0 Å². The lowest BCUT2D eigenvalue weighted by molar-refractivity contribution is -0.461. The SMILES string of the molecule is NC(CCl)=Nc1ccc2c(c1)C(F)(F)OC(F)(F)O2. The summed E-state index contributed by atoms with van der Waals surface area (Å²) in [7, 11) is 0. The van der Waals surface area contributed by atoms with E-state index in [-0.39, 0.29) is 17.4 Å². The van der Waals surface area contributed by atoms with E-state index in [4.69, 9.17) is 17.3 Å². The average molecular weight is 299 g/mol. The maximum absolute atomic E-state index is 13.4. The molecule has 4 nitrogen and oxygen atoms in total. The Balaban J connectivity index is 2.46. The molecule has 0 atom stereocenters. The number of halogens is 5. The van der Waals surface area contributed by atoms with E-state index >= 15 is 0 Å². The Hall–Kier alpha value is -1.54. The normalized spacial score (nSPS) is 20.6. The number of amidine groups is 1. The third-order valence-electron chi connectivity index (χ3n) is 2.16. The fourth-order valence-electron chi connectivity index (χ4n) is 1.45. The van der Waals surface area contributed by atoms with E-state index < -0.39 is 23.7 Å². The number of hydrogen-bond acceptors (Lipinski definition) is 3. The van der Waals surface area contributed by atoms with Crippen LogP contribution < -0.4 is 10.5 Å². The number of alkyl halides is 5. The molecule has 2 N–H and O–H groups in total. The highest BCUT2D eigenvalue weighted by atomic mass is 35.5. The zero-order valence-electron chi connectivity index (χ0n) is 9.17. The van der Waals surface area contributed by atoms with Crippen molar-refractivity contribution in [3.05, 3.63) is 23.8 Å². The van der Waals surface area contributed by atoms with E-state index in [9.17, 15) is 17.6 Å². The van der Waals surface area contributed by atoms with Crippen LogP contribution in [-0.2, 0) is 10.8 Å². The lowest BCUT2D eigenvalue weighted by Crippen LogP contribution is -2.40. The van der Waals surface area contributed by atoms with Crippen LogP contribution in [0.15, 0.2) is 23.2 Å². The number of aliphatic imine (C=N–C) groups is 1. The zero-order valence-corrected chi connectivity index (χ0v) is 9.93. The van der Waals surface area contributed by atoms with Gasteiger partial charge in [0, 0.05) is 0 Å². The molecule has 0 aromatic heterocycles. The van der Waals surface area contributed by atoms with Crippen LogP contribution in [0.1, 0.15) is 5.56 Å². The molecule has 1 aromatic rings. The molecule has 0 spiro atoms. The summed E-state index contributed by atoms with van der Waals surface area (Å²) in [4.78, 5) is 3.72. The molecule has 1 aromatic carbocycles. The Morgan fingerprint density at radius 3 is 2.63 bits per heavy atom. The second-order valence-electron chi connectivity index (χ2n) is 3.60. The van der Waals surface area contributed by atoms with Gasteiger partial charge in [-0.15, -0.1) is 20.4 Å². The summed E-state index contributed by atoms with van der Waals surface area (Å²) >= 11 is 5.39. The van der Waals surface area contributed by atoms with Gasteiger partial charge >= 0.3 is 12.4 Å². The highest BCUT2D eigenvalue weighted by Gasteiger charge is 2.54. The largest absolute Gasteiger partial charge is 0.540 e. The minimum Gasteiger partial charge on any atom is -0.409 e. The average Bonchev–Trinajstić information content (AvgIpc) is 2.27. The molecule has 19 heavy (non-hydrogen) atoms. The maximum Gasteiger partial charge on any atom is 0.540 e. The van der Waals surface area contributed by atoms with E-state index in [1.165, 1.54) is 6.07 Å². The topological polar surface area (TPSA) is 56.8 Å². The summed E-state index contributed by atoms with van der Waals surface area (Å²) in [5.41, 5.74) is 4.50.